The Balaban J connectivity index is 1.83. The largest absolute Gasteiger partial charge is 0.350 e. The summed E-state index contributed by atoms with van der Waals surface area (Å²) in [4.78, 5) is 18.3. The van der Waals surface area contributed by atoms with E-state index in [0.717, 1.165) is 13.1 Å². The van der Waals surface area contributed by atoms with Gasteiger partial charge in [0.25, 0.3) is 5.91 Å². The first-order valence-electron chi connectivity index (χ1n) is 6.58. The maximum atomic E-state index is 11.9. The summed E-state index contributed by atoms with van der Waals surface area (Å²) in [6.45, 7) is 2.91. The average Bonchev–Trinajstić information content (AvgIpc) is 2.45. The van der Waals surface area contributed by atoms with Crippen LogP contribution in [0, 0.1) is 5.92 Å². The number of amides is 1. The number of anilines is 1. The first-order chi connectivity index (χ1) is 9.19. The van der Waals surface area contributed by atoms with Crippen LogP contribution in [0.2, 0.25) is 0 Å². The molecule has 104 valence electrons. The standard InChI is InChI=1S/C13H21N5O/c1-18-6-2-3-10(9-18)7-16-13(19)12-5-4-11(17-14)8-15-12/h4-5,8,10,17H,2-3,6-7,9,14H2,1H3,(H,16,19). The predicted octanol–water partition coefficient (Wildman–Crippen LogP) is 0.439. The summed E-state index contributed by atoms with van der Waals surface area (Å²) >= 11 is 0. The third-order valence-corrected chi connectivity index (χ3v) is 3.44. The Morgan fingerprint density at radius 3 is 3.05 bits per heavy atom. The summed E-state index contributed by atoms with van der Waals surface area (Å²) in [6, 6.07) is 3.40. The molecule has 1 aliphatic rings. The Morgan fingerprint density at radius 2 is 2.42 bits per heavy atom. The van der Waals surface area contributed by atoms with Gasteiger partial charge in [-0.2, -0.15) is 0 Å². The van der Waals surface area contributed by atoms with E-state index in [4.69, 9.17) is 5.84 Å². The van der Waals surface area contributed by atoms with Crippen LogP contribution in [-0.4, -0.2) is 42.5 Å². The fraction of sp³-hybridized carbons (Fsp3) is 0.538. The number of carbonyl (C=O) groups is 1. The first kappa shape index (κ1) is 13.8. The normalized spacial score (nSPS) is 20.0. The van der Waals surface area contributed by atoms with E-state index in [1.807, 2.05) is 0 Å². The Bertz CT molecular complexity index is 420. The highest BCUT2D eigenvalue weighted by Crippen LogP contribution is 2.14. The van der Waals surface area contributed by atoms with Gasteiger partial charge in [0, 0.05) is 13.1 Å². The molecule has 6 nitrogen and oxygen atoms in total. The second kappa shape index (κ2) is 6.49. The SMILES string of the molecule is CN1CCCC(CNC(=O)c2ccc(NN)cn2)C1. The second-order valence-electron chi connectivity index (χ2n) is 5.06. The van der Waals surface area contributed by atoms with Crippen molar-refractivity contribution in [3.63, 3.8) is 0 Å². The number of nitrogens with two attached hydrogens (primary N) is 1. The molecule has 0 bridgehead atoms. The number of hydrogen-bond donors (Lipinski definition) is 3. The molecule has 1 aromatic rings. The molecule has 0 saturated carbocycles. The van der Waals surface area contributed by atoms with Crippen LogP contribution in [0.5, 0.6) is 0 Å². The van der Waals surface area contributed by atoms with Crippen LogP contribution in [0.4, 0.5) is 5.69 Å². The van der Waals surface area contributed by atoms with Crippen molar-refractivity contribution in [1.82, 2.24) is 15.2 Å². The number of carbonyl (C=O) groups excluding carboxylic acids is 1. The monoisotopic (exact) mass is 263 g/mol. The lowest BCUT2D eigenvalue weighted by atomic mass is 9.98. The quantitative estimate of drug-likeness (QED) is 0.542. The molecule has 1 fully saturated rings. The first-order valence-corrected chi connectivity index (χ1v) is 6.58. The van der Waals surface area contributed by atoms with Crippen molar-refractivity contribution in [2.45, 2.75) is 12.8 Å². The molecule has 1 amide bonds. The van der Waals surface area contributed by atoms with Gasteiger partial charge in [-0.15, -0.1) is 0 Å². The minimum absolute atomic E-state index is 0.128. The van der Waals surface area contributed by atoms with E-state index in [0.29, 0.717) is 23.8 Å². The number of rotatable bonds is 4. The number of likely N-dealkylation sites (tertiary alicyclic amines) is 1. The summed E-state index contributed by atoms with van der Waals surface area (Å²) in [5.41, 5.74) is 3.59. The zero-order valence-corrected chi connectivity index (χ0v) is 11.2. The van der Waals surface area contributed by atoms with Gasteiger partial charge in [0.05, 0.1) is 11.9 Å². The summed E-state index contributed by atoms with van der Waals surface area (Å²) in [7, 11) is 2.12. The molecule has 1 aromatic heterocycles. The molecule has 19 heavy (non-hydrogen) atoms. The van der Waals surface area contributed by atoms with Gasteiger partial charge in [-0.3, -0.25) is 10.6 Å². The van der Waals surface area contributed by atoms with E-state index in [1.54, 1.807) is 18.3 Å². The number of nitrogen functional groups attached to an aromatic ring is 1. The van der Waals surface area contributed by atoms with Crippen molar-refractivity contribution < 1.29 is 4.79 Å². The number of hydrogen-bond acceptors (Lipinski definition) is 5. The van der Waals surface area contributed by atoms with Gasteiger partial charge in [-0.1, -0.05) is 0 Å². The molecule has 0 spiro atoms. The molecule has 1 saturated heterocycles. The molecule has 0 radical (unpaired) electrons. The van der Waals surface area contributed by atoms with Crippen molar-refractivity contribution in [2.24, 2.45) is 11.8 Å². The van der Waals surface area contributed by atoms with Gasteiger partial charge in [0.2, 0.25) is 0 Å². The summed E-state index contributed by atoms with van der Waals surface area (Å²) in [5.74, 6) is 5.66. The zero-order valence-electron chi connectivity index (χ0n) is 11.2. The summed E-state index contributed by atoms with van der Waals surface area (Å²) in [6.07, 6.45) is 3.92. The molecule has 6 heteroatoms. The molecule has 2 heterocycles. The maximum absolute atomic E-state index is 11.9. The Hall–Kier alpha value is -1.66. The summed E-state index contributed by atoms with van der Waals surface area (Å²) in [5, 5.41) is 2.95. The maximum Gasteiger partial charge on any atom is 0.269 e. The van der Waals surface area contributed by atoms with Gasteiger partial charge in [-0.05, 0) is 44.5 Å². The third-order valence-electron chi connectivity index (χ3n) is 3.44. The highest BCUT2D eigenvalue weighted by molar-refractivity contribution is 5.92. The lowest BCUT2D eigenvalue weighted by molar-refractivity contribution is 0.0932. The van der Waals surface area contributed by atoms with Crippen LogP contribution in [0.25, 0.3) is 0 Å². The Labute approximate surface area is 113 Å². The molecular formula is C13H21N5O. The van der Waals surface area contributed by atoms with Crippen molar-refractivity contribution in [1.29, 1.82) is 0 Å². The number of nitrogens with zero attached hydrogens (tertiary/aromatic N) is 2. The van der Waals surface area contributed by atoms with E-state index in [2.05, 4.69) is 27.7 Å². The number of piperidine rings is 1. The van der Waals surface area contributed by atoms with Crippen LogP contribution in [0.3, 0.4) is 0 Å². The van der Waals surface area contributed by atoms with E-state index >= 15 is 0 Å². The van der Waals surface area contributed by atoms with Crippen LogP contribution in [0.15, 0.2) is 18.3 Å². The minimum atomic E-state index is -0.128. The molecule has 4 N–H and O–H groups in total. The average molecular weight is 263 g/mol. The highest BCUT2D eigenvalue weighted by Gasteiger charge is 2.18. The van der Waals surface area contributed by atoms with Crippen LogP contribution in [-0.2, 0) is 0 Å². The molecule has 2 rings (SSSR count). The van der Waals surface area contributed by atoms with Gasteiger partial charge in [0.1, 0.15) is 5.69 Å². The number of aromatic nitrogens is 1. The molecule has 1 unspecified atom stereocenters. The van der Waals surface area contributed by atoms with Crippen LogP contribution < -0.4 is 16.6 Å². The molecule has 0 aliphatic carbocycles. The van der Waals surface area contributed by atoms with Crippen molar-refractivity contribution >= 4 is 11.6 Å². The fourth-order valence-corrected chi connectivity index (χ4v) is 2.38. The number of nitrogens with one attached hydrogen (secondary N) is 2. The zero-order chi connectivity index (χ0) is 13.7. The van der Waals surface area contributed by atoms with Crippen LogP contribution in [0.1, 0.15) is 23.3 Å². The molecule has 1 atom stereocenters. The number of hydrazine groups is 1. The lowest BCUT2D eigenvalue weighted by Gasteiger charge is -2.29. The summed E-state index contributed by atoms with van der Waals surface area (Å²) < 4.78 is 0. The van der Waals surface area contributed by atoms with E-state index in [-0.39, 0.29) is 5.91 Å². The molecule has 1 aliphatic heterocycles. The fourth-order valence-electron chi connectivity index (χ4n) is 2.38. The lowest BCUT2D eigenvalue weighted by Crippen LogP contribution is -2.39. The Morgan fingerprint density at radius 1 is 1.58 bits per heavy atom. The van der Waals surface area contributed by atoms with Crippen molar-refractivity contribution in [3.8, 4) is 0 Å². The van der Waals surface area contributed by atoms with Crippen molar-refractivity contribution in [3.05, 3.63) is 24.0 Å². The number of pyridine rings is 1. The second-order valence-corrected chi connectivity index (χ2v) is 5.06. The smallest absolute Gasteiger partial charge is 0.269 e. The van der Waals surface area contributed by atoms with Gasteiger partial charge in [0.15, 0.2) is 0 Å². The Kier molecular flexibility index (Phi) is 4.70. The third kappa shape index (κ3) is 3.90. The highest BCUT2D eigenvalue weighted by atomic mass is 16.1. The van der Waals surface area contributed by atoms with E-state index in [9.17, 15) is 4.79 Å². The topological polar surface area (TPSA) is 83.3 Å². The molecule has 0 aromatic carbocycles. The van der Waals surface area contributed by atoms with Crippen LogP contribution >= 0.6 is 0 Å². The predicted molar refractivity (Wildman–Crippen MR) is 74.6 cm³/mol. The van der Waals surface area contributed by atoms with Gasteiger partial charge in [-0.25, -0.2) is 4.98 Å². The van der Waals surface area contributed by atoms with Gasteiger partial charge >= 0.3 is 0 Å². The molecular weight excluding hydrogens is 242 g/mol. The van der Waals surface area contributed by atoms with E-state index in [1.165, 1.54) is 12.8 Å². The minimum Gasteiger partial charge on any atom is -0.350 e. The van der Waals surface area contributed by atoms with Crippen molar-refractivity contribution in [2.75, 3.05) is 32.1 Å². The van der Waals surface area contributed by atoms with E-state index < -0.39 is 0 Å². The van der Waals surface area contributed by atoms with Gasteiger partial charge < -0.3 is 15.6 Å².